The molecule has 1 fully saturated rings. The Kier molecular flexibility index (Phi) is 6.30. The Balaban J connectivity index is 1.44. The lowest BCUT2D eigenvalue weighted by molar-refractivity contribution is -0.122. The third-order valence-corrected chi connectivity index (χ3v) is 4.71. The van der Waals surface area contributed by atoms with E-state index in [1.54, 1.807) is 31.4 Å². The second kappa shape index (κ2) is 9.07. The maximum absolute atomic E-state index is 12.5. The molecule has 6 heteroatoms. The zero-order valence-corrected chi connectivity index (χ0v) is 15.5. The van der Waals surface area contributed by atoms with Crippen LogP contribution in [0.3, 0.4) is 0 Å². The molecule has 2 aromatic carbocycles. The summed E-state index contributed by atoms with van der Waals surface area (Å²) in [7, 11) is 1.58. The molecule has 1 atom stereocenters. The van der Waals surface area contributed by atoms with E-state index in [0.717, 1.165) is 25.1 Å². The number of carbonyl (C=O) groups is 2. The van der Waals surface area contributed by atoms with Gasteiger partial charge in [0.15, 0.2) is 0 Å². The molecule has 1 heterocycles. The zero-order chi connectivity index (χ0) is 19.1. The molecule has 1 aliphatic heterocycles. The van der Waals surface area contributed by atoms with E-state index in [0.29, 0.717) is 24.4 Å². The number of methoxy groups -OCH3 is 1. The lowest BCUT2D eigenvalue weighted by atomic mass is 10.2. The normalized spacial score (nSPS) is 16.0. The van der Waals surface area contributed by atoms with Crippen molar-refractivity contribution >= 4 is 17.5 Å². The first-order valence-corrected chi connectivity index (χ1v) is 9.20. The van der Waals surface area contributed by atoms with Crippen LogP contribution in [-0.4, -0.2) is 44.6 Å². The van der Waals surface area contributed by atoms with Crippen molar-refractivity contribution in [3.05, 3.63) is 60.2 Å². The number of para-hydroxylation sites is 1. The van der Waals surface area contributed by atoms with Crippen molar-refractivity contribution < 1.29 is 14.3 Å². The maximum Gasteiger partial charge on any atom is 0.251 e. The van der Waals surface area contributed by atoms with Gasteiger partial charge in [-0.05, 0) is 49.2 Å². The molecule has 0 aromatic heterocycles. The second-order valence-corrected chi connectivity index (χ2v) is 6.46. The van der Waals surface area contributed by atoms with E-state index >= 15 is 0 Å². The van der Waals surface area contributed by atoms with Crippen LogP contribution in [0.25, 0.3) is 0 Å². The van der Waals surface area contributed by atoms with E-state index in [1.165, 1.54) is 0 Å². The number of nitrogens with zero attached hydrogens (tertiary/aromatic N) is 1. The van der Waals surface area contributed by atoms with Crippen molar-refractivity contribution in [2.45, 2.75) is 18.9 Å². The SMILES string of the molecule is COc1ccc(C(=O)NCCNC(=O)C2CCCN2c2ccccc2)cc1. The quantitative estimate of drug-likeness (QED) is 0.736. The Bertz CT molecular complexity index is 762. The Morgan fingerprint density at radius 3 is 2.44 bits per heavy atom. The molecule has 2 aromatic rings. The molecule has 27 heavy (non-hydrogen) atoms. The monoisotopic (exact) mass is 367 g/mol. The van der Waals surface area contributed by atoms with Gasteiger partial charge in [-0.3, -0.25) is 9.59 Å². The summed E-state index contributed by atoms with van der Waals surface area (Å²) in [5.41, 5.74) is 1.64. The van der Waals surface area contributed by atoms with Crippen LogP contribution in [0, 0.1) is 0 Å². The van der Waals surface area contributed by atoms with Crippen LogP contribution in [0.1, 0.15) is 23.2 Å². The predicted molar refractivity (Wildman–Crippen MR) is 105 cm³/mol. The third-order valence-electron chi connectivity index (χ3n) is 4.71. The van der Waals surface area contributed by atoms with Gasteiger partial charge in [0.1, 0.15) is 11.8 Å². The largest absolute Gasteiger partial charge is 0.497 e. The number of amides is 2. The van der Waals surface area contributed by atoms with Crippen molar-refractivity contribution in [3.63, 3.8) is 0 Å². The highest BCUT2D eigenvalue weighted by Crippen LogP contribution is 2.25. The number of benzene rings is 2. The van der Waals surface area contributed by atoms with Crippen LogP contribution in [0.15, 0.2) is 54.6 Å². The molecule has 142 valence electrons. The van der Waals surface area contributed by atoms with E-state index in [1.807, 2.05) is 30.3 Å². The van der Waals surface area contributed by atoms with Crippen LogP contribution in [-0.2, 0) is 4.79 Å². The molecule has 0 aliphatic carbocycles. The van der Waals surface area contributed by atoms with E-state index in [9.17, 15) is 9.59 Å². The second-order valence-electron chi connectivity index (χ2n) is 6.46. The lowest BCUT2D eigenvalue weighted by Crippen LogP contribution is -2.45. The molecule has 0 saturated carbocycles. The molecule has 2 N–H and O–H groups in total. The number of hydrogen-bond acceptors (Lipinski definition) is 4. The van der Waals surface area contributed by atoms with Crippen molar-refractivity contribution in [2.24, 2.45) is 0 Å². The first kappa shape index (κ1) is 18.8. The summed E-state index contributed by atoms with van der Waals surface area (Å²) >= 11 is 0. The molecule has 1 unspecified atom stereocenters. The summed E-state index contributed by atoms with van der Waals surface area (Å²) in [4.78, 5) is 26.8. The number of nitrogens with one attached hydrogen (secondary N) is 2. The van der Waals surface area contributed by atoms with Crippen molar-refractivity contribution in [1.29, 1.82) is 0 Å². The third kappa shape index (κ3) is 4.78. The summed E-state index contributed by atoms with van der Waals surface area (Å²) in [6.45, 7) is 1.67. The van der Waals surface area contributed by atoms with E-state index in [4.69, 9.17) is 4.74 Å². The van der Waals surface area contributed by atoms with Crippen LogP contribution < -0.4 is 20.3 Å². The summed E-state index contributed by atoms with van der Waals surface area (Å²) in [5.74, 6) is 0.548. The van der Waals surface area contributed by atoms with Crippen molar-refractivity contribution in [3.8, 4) is 5.75 Å². The van der Waals surface area contributed by atoms with Gasteiger partial charge in [-0.2, -0.15) is 0 Å². The Labute approximate surface area is 159 Å². The van der Waals surface area contributed by atoms with E-state index < -0.39 is 0 Å². The highest BCUT2D eigenvalue weighted by molar-refractivity contribution is 5.94. The molecular weight excluding hydrogens is 342 g/mol. The predicted octanol–water partition coefficient (Wildman–Crippen LogP) is 2.21. The number of carbonyl (C=O) groups excluding carboxylic acids is 2. The topological polar surface area (TPSA) is 70.7 Å². The van der Waals surface area contributed by atoms with Crippen LogP contribution in [0.2, 0.25) is 0 Å². The minimum atomic E-state index is -0.168. The van der Waals surface area contributed by atoms with Gasteiger partial charge in [0.2, 0.25) is 5.91 Å². The van der Waals surface area contributed by atoms with Crippen LogP contribution >= 0.6 is 0 Å². The number of hydrogen-bond donors (Lipinski definition) is 2. The molecule has 1 saturated heterocycles. The molecule has 6 nitrogen and oxygen atoms in total. The van der Waals surface area contributed by atoms with Crippen LogP contribution in [0.5, 0.6) is 5.75 Å². The maximum atomic E-state index is 12.5. The first-order chi connectivity index (χ1) is 13.2. The molecule has 0 radical (unpaired) electrons. The summed E-state index contributed by atoms with van der Waals surface area (Å²) in [6.07, 6.45) is 1.85. The fraction of sp³-hybridized carbons (Fsp3) is 0.333. The molecule has 1 aliphatic rings. The lowest BCUT2D eigenvalue weighted by Gasteiger charge is -2.26. The summed E-state index contributed by atoms with van der Waals surface area (Å²) in [5, 5.41) is 5.75. The van der Waals surface area contributed by atoms with Gasteiger partial charge in [-0.1, -0.05) is 18.2 Å². The van der Waals surface area contributed by atoms with E-state index in [-0.39, 0.29) is 17.9 Å². The van der Waals surface area contributed by atoms with Gasteiger partial charge in [-0.25, -0.2) is 0 Å². The molecule has 3 rings (SSSR count). The Morgan fingerprint density at radius 1 is 1.04 bits per heavy atom. The van der Waals surface area contributed by atoms with E-state index in [2.05, 4.69) is 15.5 Å². The van der Waals surface area contributed by atoms with Crippen molar-refractivity contribution in [2.75, 3.05) is 31.6 Å². The Morgan fingerprint density at radius 2 is 1.74 bits per heavy atom. The summed E-state index contributed by atoms with van der Waals surface area (Å²) < 4.78 is 5.08. The van der Waals surface area contributed by atoms with Gasteiger partial charge in [0.25, 0.3) is 5.91 Å². The first-order valence-electron chi connectivity index (χ1n) is 9.20. The smallest absolute Gasteiger partial charge is 0.251 e. The molecule has 0 bridgehead atoms. The average molecular weight is 367 g/mol. The Hall–Kier alpha value is -3.02. The fourth-order valence-electron chi connectivity index (χ4n) is 3.29. The average Bonchev–Trinajstić information content (AvgIpc) is 3.21. The van der Waals surface area contributed by atoms with Gasteiger partial charge < -0.3 is 20.3 Å². The highest BCUT2D eigenvalue weighted by Gasteiger charge is 2.30. The number of rotatable bonds is 7. The minimum absolute atomic E-state index is 0.00931. The van der Waals surface area contributed by atoms with Crippen LogP contribution in [0.4, 0.5) is 5.69 Å². The number of anilines is 1. The number of ether oxygens (including phenoxy) is 1. The summed E-state index contributed by atoms with van der Waals surface area (Å²) in [6, 6.07) is 16.8. The van der Waals surface area contributed by atoms with Gasteiger partial charge in [-0.15, -0.1) is 0 Å². The van der Waals surface area contributed by atoms with Crippen molar-refractivity contribution in [1.82, 2.24) is 10.6 Å². The van der Waals surface area contributed by atoms with Gasteiger partial charge in [0, 0.05) is 30.9 Å². The standard InChI is InChI=1S/C21H25N3O3/c1-27-18-11-9-16(10-12-18)20(25)22-13-14-23-21(26)19-8-5-15-24(19)17-6-3-2-4-7-17/h2-4,6-7,9-12,19H,5,8,13-15H2,1H3,(H,22,25)(H,23,26). The minimum Gasteiger partial charge on any atom is -0.497 e. The molecule has 0 spiro atoms. The highest BCUT2D eigenvalue weighted by atomic mass is 16.5. The zero-order valence-electron chi connectivity index (χ0n) is 15.5. The molecule has 2 amide bonds. The van der Waals surface area contributed by atoms with Gasteiger partial charge >= 0.3 is 0 Å². The van der Waals surface area contributed by atoms with Gasteiger partial charge in [0.05, 0.1) is 7.11 Å². The molecular formula is C21H25N3O3. The fourth-order valence-corrected chi connectivity index (χ4v) is 3.29.